The minimum atomic E-state index is -1.18. The molecular weight excluding hydrogens is 525 g/mol. The summed E-state index contributed by atoms with van der Waals surface area (Å²) in [4.78, 5) is 29.2. The number of halogens is 1. The van der Waals surface area contributed by atoms with E-state index in [1.54, 1.807) is 36.5 Å². The molecule has 2 aromatic heterocycles. The Morgan fingerprint density at radius 3 is 2.17 bits per heavy atom. The molecule has 0 aliphatic heterocycles. The van der Waals surface area contributed by atoms with Crippen molar-refractivity contribution in [3.05, 3.63) is 96.2 Å². The van der Waals surface area contributed by atoms with Crippen LogP contribution in [0.3, 0.4) is 0 Å². The Kier molecular flexibility index (Phi) is 9.65. The molecule has 2 unspecified atom stereocenters. The van der Waals surface area contributed by atoms with Crippen molar-refractivity contribution in [3.8, 4) is 22.3 Å². The number of nitrogens with one attached hydrogen (secondary N) is 1. The maximum atomic E-state index is 14.0. The molecule has 2 aromatic carbocycles. The van der Waals surface area contributed by atoms with E-state index in [1.807, 2.05) is 48.7 Å². The van der Waals surface area contributed by atoms with Crippen LogP contribution < -0.4 is 5.32 Å². The molecule has 0 bridgehead atoms. The fraction of sp³-hybridized carbons (Fsp3) is 0.281. The summed E-state index contributed by atoms with van der Waals surface area (Å²) in [5.74, 6) is -1.52. The Labute approximate surface area is 238 Å². The fourth-order valence-electron chi connectivity index (χ4n) is 5.12. The first-order chi connectivity index (χ1) is 19.7. The van der Waals surface area contributed by atoms with Gasteiger partial charge in [-0.1, -0.05) is 48.5 Å². The minimum absolute atomic E-state index is 0.0981. The third kappa shape index (κ3) is 7.25. The summed E-state index contributed by atoms with van der Waals surface area (Å²) in [7, 11) is 0. The average molecular weight is 560 g/mol. The zero-order valence-corrected chi connectivity index (χ0v) is 23.0. The normalized spacial score (nSPS) is 12.7. The summed E-state index contributed by atoms with van der Waals surface area (Å²) < 4.78 is 15.9. The highest BCUT2D eigenvalue weighted by atomic mass is 19.1. The molecule has 8 nitrogen and oxygen atoms in total. The number of aliphatic carboxylic acids is 1. The van der Waals surface area contributed by atoms with E-state index in [0.29, 0.717) is 29.1 Å². The van der Waals surface area contributed by atoms with Gasteiger partial charge in [0.25, 0.3) is 5.91 Å². The summed E-state index contributed by atoms with van der Waals surface area (Å²) in [6.45, 7) is 3.91. The van der Waals surface area contributed by atoms with Crippen LogP contribution in [0.25, 0.3) is 22.3 Å². The van der Waals surface area contributed by atoms with Crippen LogP contribution >= 0.6 is 0 Å². The number of anilines is 1. The molecule has 41 heavy (non-hydrogen) atoms. The second-order valence-electron chi connectivity index (χ2n) is 10.2. The molecule has 0 spiro atoms. The number of hydrogen-bond acceptors (Lipinski definition) is 5. The van der Waals surface area contributed by atoms with Crippen molar-refractivity contribution in [2.75, 3.05) is 5.32 Å². The van der Waals surface area contributed by atoms with E-state index in [9.17, 15) is 24.2 Å². The highest BCUT2D eigenvalue weighted by Crippen LogP contribution is 2.42. The maximum Gasteiger partial charge on any atom is 0.305 e. The molecule has 0 saturated heterocycles. The predicted octanol–water partition coefficient (Wildman–Crippen LogP) is 5.71. The monoisotopic (exact) mass is 559 g/mol. The van der Waals surface area contributed by atoms with Gasteiger partial charge in [0.1, 0.15) is 17.3 Å². The zero-order valence-electron chi connectivity index (χ0n) is 23.0. The number of carboxylic acids is 1. The number of rotatable bonds is 12. The van der Waals surface area contributed by atoms with Gasteiger partial charge >= 0.3 is 5.97 Å². The number of carboxylic acid groups (broad SMARTS) is 1. The number of carbonyl (C=O) groups is 2. The number of carbonyl (C=O) groups excluding carboxylic acids is 1. The predicted molar refractivity (Wildman–Crippen MR) is 155 cm³/mol. The van der Waals surface area contributed by atoms with Gasteiger partial charge in [-0.2, -0.15) is 0 Å². The minimum Gasteiger partial charge on any atom is -0.481 e. The molecule has 0 saturated carbocycles. The average Bonchev–Trinajstić information content (AvgIpc) is 3.28. The summed E-state index contributed by atoms with van der Waals surface area (Å²) >= 11 is 0. The lowest BCUT2D eigenvalue weighted by atomic mass is 9.92. The molecule has 9 heteroatoms. The van der Waals surface area contributed by atoms with Crippen molar-refractivity contribution in [2.24, 2.45) is 0 Å². The number of aliphatic hydroxyl groups excluding tert-OH is 2. The fourth-order valence-corrected chi connectivity index (χ4v) is 5.12. The number of nitrogens with zero attached hydrogens (tertiary/aromatic N) is 2. The van der Waals surface area contributed by atoms with Gasteiger partial charge in [-0.25, -0.2) is 9.37 Å². The molecule has 0 aliphatic carbocycles. The maximum absolute atomic E-state index is 14.0. The quantitative estimate of drug-likeness (QED) is 0.176. The van der Waals surface area contributed by atoms with Crippen molar-refractivity contribution in [2.45, 2.75) is 57.8 Å². The van der Waals surface area contributed by atoms with E-state index in [2.05, 4.69) is 10.3 Å². The van der Waals surface area contributed by atoms with Gasteiger partial charge in [0.15, 0.2) is 0 Å². The molecule has 4 aromatic rings. The van der Waals surface area contributed by atoms with E-state index in [4.69, 9.17) is 5.11 Å². The number of aliphatic hydroxyl groups is 2. The van der Waals surface area contributed by atoms with E-state index in [0.717, 1.165) is 16.8 Å². The van der Waals surface area contributed by atoms with Gasteiger partial charge in [0, 0.05) is 29.1 Å². The molecule has 2 atom stereocenters. The third-order valence-electron chi connectivity index (χ3n) is 6.81. The van der Waals surface area contributed by atoms with Crippen LogP contribution in [0.5, 0.6) is 0 Å². The van der Waals surface area contributed by atoms with Crippen molar-refractivity contribution in [3.63, 3.8) is 0 Å². The Hall–Kier alpha value is -4.34. The Morgan fingerprint density at radius 1 is 0.902 bits per heavy atom. The largest absolute Gasteiger partial charge is 0.481 e. The van der Waals surface area contributed by atoms with Crippen molar-refractivity contribution in [1.29, 1.82) is 0 Å². The van der Waals surface area contributed by atoms with Crippen LogP contribution in [0, 0.1) is 5.82 Å². The van der Waals surface area contributed by atoms with Crippen LogP contribution in [0.4, 0.5) is 10.2 Å². The van der Waals surface area contributed by atoms with Crippen LogP contribution in [0.1, 0.15) is 55.3 Å². The van der Waals surface area contributed by atoms with Gasteiger partial charge in [-0.3, -0.25) is 9.59 Å². The Morgan fingerprint density at radius 2 is 1.56 bits per heavy atom. The van der Waals surface area contributed by atoms with Crippen LogP contribution in [-0.2, 0) is 11.2 Å². The standard InChI is InChI=1S/C32H34FN3O5/c1-20(2)36-26(16-15-24(37)18-25(38)19-28(39)40)29(22-11-13-23(33)14-12-22)30(21-8-4-3-5-9-21)31(36)32(41)35-27-10-6-7-17-34-27/h3-14,17,20,24-25,37-38H,15-16,18-19H2,1-2H3,(H,39,40)(H,34,35,41). The van der Waals surface area contributed by atoms with E-state index in [1.165, 1.54) is 12.1 Å². The lowest BCUT2D eigenvalue weighted by molar-refractivity contribution is -0.139. The molecule has 1 amide bonds. The molecule has 0 radical (unpaired) electrons. The molecule has 0 fully saturated rings. The van der Waals surface area contributed by atoms with Crippen molar-refractivity contribution in [1.82, 2.24) is 9.55 Å². The molecule has 2 heterocycles. The van der Waals surface area contributed by atoms with Crippen LogP contribution in [-0.4, -0.2) is 49.0 Å². The SMILES string of the molecule is CC(C)n1c(CCC(O)CC(O)CC(=O)O)c(-c2ccc(F)cc2)c(-c2ccccc2)c1C(=O)Nc1ccccn1. The molecule has 4 rings (SSSR count). The molecular formula is C32H34FN3O5. The van der Waals surface area contributed by atoms with Gasteiger partial charge in [-0.05, 0) is 68.5 Å². The lowest BCUT2D eigenvalue weighted by Gasteiger charge is -2.20. The summed E-state index contributed by atoms with van der Waals surface area (Å²) in [6.07, 6.45) is -0.623. The first kappa shape index (κ1) is 29.6. The zero-order chi connectivity index (χ0) is 29.5. The van der Waals surface area contributed by atoms with Crippen molar-refractivity contribution < 1.29 is 29.3 Å². The first-order valence-corrected chi connectivity index (χ1v) is 13.5. The molecule has 4 N–H and O–H groups in total. The smallest absolute Gasteiger partial charge is 0.305 e. The number of aromatic nitrogens is 2. The molecule has 0 aliphatic rings. The highest BCUT2D eigenvalue weighted by Gasteiger charge is 2.30. The van der Waals surface area contributed by atoms with Gasteiger partial charge < -0.3 is 25.2 Å². The van der Waals surface area contributed by atoms with Gasteiger partial charge in [-0.15, -0.1) is 0 Å². The number of pyridine rings is 1. The summed E-state index contributed by atoms with van der Waals surface area (Å²) in [6, 6.07) is 20.6. The second kappa shape index (κ2) is 13.3. The highest BCUT2D eigenvalue weighted by molar-refractivity contribution is 6.10. The lowest BCUT2D eigenvalue weighted by Crippen LogP contribution is -2.23. The number of amides is 1. The number of hydrogen-bond donors (Lipinski definition) is 4. The summed E-state index contributed by atoms with van der Waals surface area (Å²) in [5, 5.41) is 32.7. The van der Waals surface area contributed by atoms with E-state index < -0.39 is 30.4 Å². The van der Waals surface area contributed by atoms with Gasteiger partial charge in [0.2, 0.25) is 0 Å². The Balaban J connectivity index is 1.89. The molecule has 214 valence electrons. The van der Waals surface area contributed by atoms with Crippen molar-refractivity contribution >= 4 is 17.7 Å². The van der Waals surface area contributed by atoms with E-state index in [-0.39, 0.29) is 24.8 Å². The van der Waals surface area contributed by atoms with Crippen LogP contribution in [0.15, 0.2) is 79.0 Å². The van der Waals surface area contributed by atoms with E-state index >= 15 is 0 Å². The summed E-state index contributed by atoms with van der Waals surface area (Å²) in [5.41, 5.74) is 4.03. The second-order valence-corrected chi connectivity index (χ2v) is 10.2. The topological polar surface area (TPSA) is 125 Å². The Bertz CT molecular complexity index is 1470. The van der Waals surface area contributed by atoms with Crippen LogP contribution in [0.2, 0.25) is 0 Å². The first-order valence-electron chi connectivity index (χ1n) is 13.5. The third-order valence-corrected chi connectivity index (χ3v) is 6.81. The van der Waals surface area contributed by atoms with Gasteiger partial charge in [0.05, 0.1) is 18.6 Å². The number of benzene rings is 2.